The maximum atomic E-state index is 12.7. The van der Waals surface area contributed by atoms with Crippen molar-refractivity contribution in [1.29, 1.82) is 0 Å². The Morgan fingerprint density at radius 2 is 2.00 bits per heavy atom. The van der Waals surface area contributed by atoms with Crippen LogP contribution in [0.2, 0.25) is 0 Å². The molecule has 18 heavy (non-hydrogen) atoms. The SMILES string of the molecule is COC(c1ncc(CO)c(C(F)(F)F)n1)C(C)C. The maximum Gasteiger partial charge on any atom is 0.433 e. The molecule has 1 rings (SSSR count). The highest BCUT2D eigenvalue weighted by Crippen LogP contribution is 2.32. The van der Waals surface area contributed by atoms with Gasteiger partial charge in [-0.15, -0.1) is 0 Å². The highest BCUT2D eigenvalue weighted by molar-refractivity contribution is 5.20. The molecule has 0 saturated carbocycles. The second kappa shape index (κ2) is 5.62. The molecule has 1 heterocycles. The van der Waals surface area contributed by atoms with Crippen molar-refractivity contribution in [2.45, 2.75) is 32.7 Å². The zero-order chi connectivity index (χ0) is 13.9. The van der Waals surface area contributed by atoms with E-state index >= 15 is 0 Å². The van der Waals surface area contributed by atoms with Crippen molar-refractivity contribution in [3.8, 4) is 0 Å². The van der Waals surface area contributed by atoms with Gasteiger partial charge in [-0.3, -0.25) is 0 Å². The third-order valence-electron chi connectivity index (χ3n) is 2.44. The summed E-state index contributed by atoms with van der Waals surface area (Å²) in [6.07, 6.45) is -4.25. The van der Waals surface area contributed by atoms with Crippen molar-refractivity contribution in [2.75, 3.05) is 7.11 Å². The van der Waals surface area contributed by atoms with E-state index in [1.54, 1.807) is 13.8 Å². The summed E-state index contributed by atoms with van der Waals surface area (Å²) in [6.45, 7) is 2.84. The molecule has 0 bridgehead atoms. The minimum atomic E-state index is -4.62. The minimum absolute atomic E-state index is 0.0305. The van der Waals surface area contributed by atoms with E-state index in [9.17, 15) is 13.2 Å². The second-order valence-corrected chi connectivity index (χ2v) is 4.16. The zero-order valence-corrected chi connectivity index (χ0v) is 10.3. The number of ether oxygens (including phenoxy) is 1. The summed E-state index contributed by atoms with van der Waals surface area (Å²) >= 11 is 0. The molecular formula is C11H15F3N2O2. The average Bonchev–Trinajstić information content (AvgIpc) is 2.28. The first-order valence-electron chi connectivity index (χ1n) is 5.38. The maximum absolute atomic E-state index is 12.7. The standard InChI is InChI=1S/C11H15F3N2O2/c1-6(2)8(18-3)10-15-4-7(5-17)9(16-10)11(12,13)14/h4,6,8,17H,5H2,1-3H3. The van der Waals surface area contributed by atoms with E-state index in [0.717, 1.165) is 6.20 Å². The van der Waals surface area contributed by atoms with E-state index in [4.69, 9.17) is 9.84 Å². The first kappa shape index (κ1) is 14.8. The van der Waals surface area contributed by atoms with Crippen molar-refractivity contribution in [1.82, 2.24) is 9.97 Å². The molecule has 7 heteroatoms. The van der Waals surface area contributed by atoms with Crippen LogP contribution in [0.1, 0.15) is 37.0 Å². The van der Waals surface area contributed by atoms with Crippen molar-refractivity contribution in [2.24, 2.45) is 5.92 Å². The zero-order valence-electron chi connectivity index (χ0n) is 10.3. The van der Waals surface area contributed by atoms with Crippen LogP contribution in [0.15, 0.2) is 6.20 Å². The predicted molar refractivity (Wildman–Crippen MR) is 57.5 cm³/mol. The fraction of sp³-hybridized carbons (Fsp3) is 0.636. The number of hydrogen-bond acceptors (Lipinski definition) is 4. The number of methoxy groups -OCH3 is 1. The molecule has 1 N–H and O–H groups in total. The van der Waals surface area contributed by atoms with Crippen LogP contribution in [0.5, 0.6) is 0 Å². The summed E-state index contributed by atoms with van der Waals surface area (Å²) in [6, 6.07) is 0. The van der Waals surface area contributed by atoms with Crippen LogP contribution in [0, 0.1) is 5.92 Å². The lowest BCUT2D eigenvalue weighted by Crippen LogP contribution is -2.19. The lowest BCUT2D eigenvalue weighted by Gasteiger charge is -2.19. The number of aromatic nitrogens is 2. The van der Waals surface area contributed by atoms with E-state index in [-0.39, 0.29) is 17.3 Å². The summed E-state index contributed by atoms with van der Waals surface area (Å²) in [5.74, 6) is -0.0897. The largest absolute Gasteiger partial charge is 0.433 e. The number of hydrogen-bond donors (Lipinski definition) is 1. The van der Waals surface area contributed by atoms with Gasteiger partial charge in [0, 0.05) is 18.9 Å². The molecule has 102 valence electrons. The van der Waals surface area contributed by atoms with E-state index in [0.29, 0.717) is 0 Å². The van der Waals surface area contributed by atoms with Crippen LogP contribution in [-0.4, -0.2) is 22.2 Å². The molecule has 0 saturated heterocycles. The molecule has 1 aromatic rings. The van der Waals surface area contributed by atoms with Gasteiger partial charge in [0.05, 0.1) is 6.61 Å². The van der Waals surface area contributed by atoms with Crippen LogP contribution >= 0.6 is 0 Å². The Bertz CT molecular complexity index is 408. The molecule has 4 nitrogen and oxygen atoms in total. The molecule has 1 aromatic heterocycles. The molecule has 1 atom stereocenters. The molecule has 0 fully saturated rings. The van der Waals surface area contributed by atoms with Crippen molar-refractivity contribution < 1.29 is 23.0 Å². The third-order valence-corrected chi connectivity index (χ3v) is 2.44. The van der Waals surface area contributed by atoms with Crippen molar-refractivity contribution in [3.05, 3.63) is 23.3 Å². The van der Waals surface area contributed by atoms with Gasteiger partial charge >= 0.3 is 6.18 Å². The van der Waals surface area contributed by atoms with Crippen LogP contribution in [0.4, 0.5) is 13.2 Å². The highest BCUT2D eigenvalue weighted by atomic mass is 19.4. The number of aliphatic hydroxyl groups is 1. The van der Waals surface area contributed by atoms with Gasteiger partial charge in [-0.05, 0) is 5.92 Å². The molecule has 0 aliphatic rings. The monoisotopic (exact) mass is 264 g/mol. The Kier molecular flexibility index (Phi) is 4.64. The lowest BCUT2D eigenvalue weighted by molar-refractivity contribution is -0.142. The van der Waals surface area contributed by atoms with Crippen LogP contribution in [0.3, 0.4) is 0 Å². The summed E-state index contributed by atoms with van der Waals surface area (Å²) in [5, 5.41) is 8.87. The number of nitrogens with zero attached hydrogens (tertiary/aromatic N) is 2. The van der Waals surface area contributed by atoms with Gasteiger partial charge < -0.3 is 9.84 Å². The summed E-state index contributed by atoms with van der Waals surface area (Å²) in [5.41, 5.74) is -1.46. The van der Waals surface area contributed by atoms with Crippen LogP contribution in [0.25, 0.3) is 0 Å². The summed E-state index contributed by atoms with van der Waals surface area (Å²) in [7, 11) is 1.39. The van der Waals surface area contributed by atoms with E-state index in [1.807, 2.05) is 0 Å². The Morgan fingerprint density at radius 1 is 1.39 bits per heavy atom. The molecule has 0 spiro atoms. The van der Waals surface area contributed by atoms with Crippen molar-refractivity contribution in [3.63, 3.8) is 0 Å². The van der Waals surface area contributed by atoms with Crippen molar-refractivity contribution >= 4 is 0 Å². The molecule has 1 unspecified atom stereocenters. The summed E-state index contributed by atoms with van der Waals surface area (Å²) < 4.78 is 43.3. The number of rotatable bonds is 4. The van der Waals surface area contributed by atoms with Gasteiger partial charge in [-0.25, -0.2) is 9.97 Å². The van der Waals surface area contributed by atoms with Crippen LogP contribution < -0.4 is 0 Å². The first-order valence-corrected chi connectivity index (χ1v) is 5.38. The van der Waals surface area contributed by atoms with Crippen LogP contribution in [-0.2, 0) is 17.5 Å². The van der Waals surface area contributed by atoms with E-state index in [1.165, 1.54) is 7.11 Å². The highest BCUT2D eigenvalue weighted by Gasteiger charge is 2.36. The predicted octanol–water partition coefficient (Wildman–Crippen LogP) is 2.33. The van der Waals surface area contributed by atoms with E-state index < -0.39 is 24.6 Å². The molecule has 0 amide bonds. The Morgan fingerprint density at radius 3 is 2.39 bits per heavy atom. The normalized spacial score (nSPS) is 14.0. The molecule has 0 radical (unpaired) electrons. The molecule has 0 aromatic carbocycles. The Labute approximate surface area is 103 Å². The smallest absolute Gasteiger partial charge is 0.392 e. The quantitative estimate of drug-likeness (QED) is 0.906. The fourth-order valence-corrected chi connectivity index (χ4v) is 1.59. The van der Waals surface area contributed by atoms with Gasteiger partial charge in [-0.2, -0.15) is 13.2 Å². The van der Waals surface area contributed by atoms with Gasteiger partial charge in [0.2, 0.25) is 0 Å². The molecule has 0 aliphatic heterocycles. The average molecular weight is 264 g/mol. The topological polar surface area (TPSA) is 55.2 Å². The van der Waals surface area contributed by atoms with Gasteiger partial charge in [-0.1, -0.05) is 13.8 Å². The first-order chi connectivity index (χ1) is 8.31. The van der Waals surface area contributed by atoms with Gasteiger partial charge in [0.25, 0.3) is 0 Å². The van der Waals surface area contributed by atoms with Gasteiger partial charge in [0.1, 0.15) is 6.10 Å². The minimum Gasteiger partial charge on any atom is -0.392 e. The summed E-state index contributed by atoms with van der Waals surface area (Å²) in [4.78, 5) is 7.31. The van der Waals surface area contributed by atoms with E-state index in [2.05, 4.69) is 9.97 Å². The number of halogens is 3. The number of alkyl halides is 3. The molecular weight excluding hydrogens is 249 g/mol. The fourth-order valence-electron chi connectivity index (χ4n) is 1.59. The second-order valence-electron chi connectivity index (χ2n) is 4.16. The van der Waals surface area contributed by atoms with Gasteiger partial charge in [0.15, 0.2) is 11.5 Å². The Hall–Kier alpha value is -1.21. The third kappa shape index (κ3) is 3.17. The lowest BCUT2D eigenvalue weighted by atomic mass is 10.1. The Balaban J connectivity index is 3.26. The molecule has 0 aliphatic carbocycles. The number of aliphatic hydroxyl groups excluding tert-OH is 1.